The molecular formula is C23H27N3O4S. The zero-order valence-electron chi connectivity index (χ0n) is 18.9. The van der Waals surface area contributed by atoms with Gasteiger partial charge in [-0.15, -0.1) is 0 Å². The topological polar surface area (TPSA) is 84.7 Å². The summed E-state index contributed by atoms with van der Waals surface area (Å²) < 4.78 is 11.6. The summed E-state index contributed by atoms with van der Waals surface area (Å²) in [6.45, 7) is 9.98. The molecule has 2 aromatic heterocycles. The first-order valence-electron chi connectivity index (χ1n) is 9.96. The lowest BCUT2D eigenvalue weighted by Gasteiger charge is -2.14. The largest absolute Gasteiger partial charge is 0.493 e. The van der Waals surface area contributed by atoms with Crippen molar-refractivity contribution in [2.45, 2.75) is 34.6 Å². The number of benzene rings is 1. The number of ether oxygens (including phenoxy) is 1. The van der Waals surface area contributed by atoms with Gasteiger partial charge < -0.3 is 14.1 Å². The van der Waals surface area contributed by atoms with Gasteiger partial charge in [0.05, 0.1) is 18.6 Å². The number of nitrogens with zero attached hydrogens (tertiary/aromatic N) is 2. The van der Waals surface area contributed by atoms with Crippen LogP contribution in [0.25, 0.3) is 16.5 Å². The summed E-state index contributed by atoms with van der Waals surface area (Å²) in [5.41, 5.74) is 4.90. The first-order chi connectivity index (χ1) is 14.6. The van der Waals surface area contributed by atoms with E-state index in [1.807, 2.05) is 33.8 Å². The van der Waals surface area contributed by atoms with Crippen molar-refractivity contribution in [1.82, 2.24) is 9.88 Å². The normalized spacial score (nSPS) is 11.6. The van der Waals surface area contributed by atoms with Crippen molar-refractivity contribution < 1.29 is 18.7 Å². The smallest absolute Gasteiger partial charge is 0.265 e. The van der Waals surface area contributed by atoms with Gasteiger partial charge in [-0.3, -0.25) is 14.9 Å². The van der Waals surface area contributed by atoms with Crippen molar-refractivity contribution >= 4 is 44.8 Å². The lowest BCUT2D eigenvalue weighted by atomic mass is 9.98. The monoisotopic (exact) mass is 441 g/mol. The molecule has 0 radical (unpaired) electrons. The lowest BCUT2D eigenvalue weighted by molar-refractivity contribution is -0.111. The van der Waals surface area contributed by atoms with Gasteiger partial charge in [0.15, 0.2) is 5.13 Å². The third-order valence-electron chi connectivity index (χ3n) is 4.93. The van der Waals surface area contributed by atoms with Gasteiger partial charge in [-0.25, -0.2) is 4.98 Å². The van der Waals surface area contributed by atoms with Crippen LogP contribution in [0.3, 0.4) is 0 Å². The van der Waals surface area contributed by atoms with E-state index in [0.29, 0.717) is 28.1 Å². The highest BCUT2D eigenvalue weighted by molar-refractivity contribution is 7.17. The molecule has 0 bridgehead atoms. The van der Waals surface area contributed by atoms with Crippen LogP contribution in [-0.2, 0) is 4.79 Å². The Morgan fingerprint density at radius 2 is 2.00 bits per heavy atom. The minimum Gasteiger partial charge on any atom is -0.493 e. The molecule has 0 aliphatic heterocycles. The van der Waals surface area contributed by atoms with Gasteiger partial charge in [-0.2, -0.15) is 0 Å². The molecule has 7 nitrogen and oxygen atoms in total. The Morgan fingerprint density at radius 1 is 1.29 bits per heavy atom. The standard InChI is InChI=1S/C23H27N3O4S/c1-8-29-19-14(4)20-17(13(3)11-30-20)10-16(19)12(2)9-18(27)25-23-24-15(5)21(31-23)22(28)26(6)7/h9-11H,8H2,1-7H3,(H,24,25,27)/b12-9+. The Hall–Kier alpha value is -3.13. The number of nitrogens with one attached hydrogen (secondary N) is 1. The third kappa shape index (κ3) is 4.49. The summed E-state index contributed by atoms with van der Waals surface area (Å²) in [4.78, 5) is 31.2. The predicted octanol–water partition coefficient (Wildman–Crippen LogP) is 4.96. The molecule has 0 aliphatic carbocycles. The van der Waals surface area contributed by atoms with Gasteiger partial charge in [-0.05, 0) is 51.8 Å². The zero-order chi connectivity index (χ0) is 22.9. The SMILES string of the molecule is CCOc1c(/C(C)=C/C(=O)Nc2nc(C)c(C(=O)N(C)C)s2)cc2c(C)coc2c1C. The van der Waals surface area contributed by atoms with Gasteiger partial charge in [-0.1, -0.05) is 11.3 Å². The van der Waals surface area contributed by atoms with Crippen molar-refractivity contribution in [3.05, 3.63) is 45.7 Å². The average molecular weight is 442 g/mol. The molecule has 0 atom stereocenters. The fourth-order valence-electron chi connectivity index (χ4n) is 3.33. The molecule has 8 heteroatoms. The quantitative estimate of drug-likeness (QED) is 0.547. The van der Waals surface area contributed by atoms with Gasteiger partial charge in [0.2, 0.25) is 5.91 Å². The second-order valence-corrected chi connectivity index (χ2v) is 8.56. The molecule has 1 aromatic carbocycles. The maximum atomic E-state index is 12.7. The number of hydrogen-bond donors (Lipinski definition) is 1. The second kappa shape index (κ2) is 8.93. The Balaban J connectivity index is 1.92. The molecule has 0 aliphatic rings. The highest BCUT2D eigenvalue weighted by Crippen LogP contribution is 2.37. The first-order valence-corrected chi connectivity index (χ1v) is 10.8. The van der Waals surface area contributed by atoms with Crippen molar-refractivity contribution in [3.8, 4) is 5.75 Å². The third-order valence-corrected chi connectivity index (χ3v) is 5.99. The van der Waals surface area contributed by atoms with Crippen LogP contribution in [0, 0.1) is 20.8 Å². The Morgan fingerprint density at radius 3 is 2.65 bits per heavy atom. The number of aryl methyl sites for hydroxylation is 3. The fraction of sp³-hybridized carbons (Fsp3) is 0.348. The highest BCUT2D eigenvalue weighted by atomic mass is 32.1. The van der Waals surface area contributed by atoms with Crippen LogP contribution in [0.2, 0.25) is 0 Å². The van der Waals surface area contributed by atoms with Crippen molar-refractivity contribution in [2.24, 2.45) is 0 Å². The Bertz CT molecular complexity index is 1190. The minimum atomic E-state index is -0.320. The average Bonchev–Trinajstić information content (AvgIpc) is 3.25. The number of rotatable bonds is 6. The summed E-state index contributed by atoms with van der Waals surface area (Å²) in [6, 6.07) is 1.99. The number of amides is 2. The molecule has 1 N–H and O–H groups in total. The van der Waals surface area contributed by atoms with Gasteiger partial charge in [0.1, 0.15) is 16.2 Å². The predicted molar refractivity (Wildman–Crippen MR) is 124 cm³/mol. The summed E-state index contributed by atoms with van der Waals surface area (Å²) in [5, 5.41) is 4.15. The highest BCUT2D eigenvalue weighted by Gasteiger charge is 2.19. The van der Waals surface area contributed by atoms with E-state index in [-0.39, 0.29) is 11.8 Å². The number of aromatic nitrogens is 1. The number of carbonyl (C=O) groups excluding carboxylic acids is 2. The number of carbonyl (C=O) groups is 2. The summed E-state index contributed by atoms with van der Waals surface area (Å²) >= 11 is 1.17. The van der Waals surface area contributed by atoms with E-state index in [4.69, 9.17) is 9.15 Å². The molecule has 3 rings (SSSR count). The van der Waals surface area contributed by atoms with Crippen LogP contribution in [0.1, 0.15) is 45.9 Å². The zero-order valence-corrected chi connectivity index (χ0v) is 19.7. The van der Waals surface area contributed by atoms with E-state index in [0.717, 1.165) is 33.2 Å². The molecule has 164 valence electrons. The lowest BCUT2D eigenvalue weighted by Crippen LogP contribution is -2.21. The van der Waals surface area contributed by atoms with Crippen molar-refractivity contribution in [2.75, 3.05) is 26.0 Å². The molecule has 0 saturated carbocycles. The van der Waals surface area contributed by atoms with E-state index in [1.165, 1.54) is 22.3 Å². The summed E-state index contributed by atoms with van der Waals surface area (Å²) in [7, 11) is 3.37. The van der Waals surface area contributed by atoms with Gasteiger partial charge >= 0.3 is 0 Å². The van der Waals surface area contributed by atoms with E-state index >= 15 is 0 Å². The van der Waals surface area contributed by atoms with Crippen LogP contribution in [0.4, 0.5) is 5.13 Å². The molecule has 2 amide bonds. The molecule has 31 heavy (non-hydrogen) atoms. The summed E-state index contributed by atoms with van der Waals surface area (Å²) in [6.07, 6.45) is 3.24. The number of anilines is 1. The minimum absolute atomic E-state index is 0.136. The number of hydrogen-bond acceptors (Lipinski definition) is 6. The molecule has 0 unspecified atom stereocenters. The van der Waals surface area contributed by atoms with E-state index in [9.17, 15) is 9.59 Å². The summed E-state index contributed by atoms with van der Waals surface area (Å²) in [5.74, 6) is 0.247. The Kier molecular flexibility index (Phi) is 6.50. The van der Waals surface area contributed by atoms with Crippen molar-refractivity contribution in [3.63, 3.8) is 0 Å². The van der Waals surface area contributed by atoms with Crippen LogP contribution >= 0.6 is 11.3 Å². The molecule has 0 fully saturated rings. The molecule has 0 saturated heterocycles. The van der Waals surface area contributed by atoms with Crippen LogP contribution in [0.5, 0.6) is 5.75 Å². The van der Waals surface area contributed by atoms with Crippen LogP contribution < -0.4 is 10.1 Å². The molecule has 2 heterocycles. The number of allylic oxidation sites excluding steroid dienone is 1. The Labute approximate surface area is 185 Å². The van der Waals surface area contributed by atoms with Crippen LogP contribution in [-0.4, -0.2) is 42.4 Å². The number of furan rings is 1. The van der Waals surface area contributed by atoms with Crippen LogP contribution in [0.15, 0.2) is 22.8 Å². The maximum absolute atomic E-state index is 12.7. The molecule has 3 aromatic rings. The van der Waals surface area contributed by atoms with E-state index < -0.39 is 0 Å². The first kappa shape index (κ1) is 22.6. The fourth-order valence-corrected chi connectivity index (χ4v) is 4.32. The molecular weight excluding hydrogens is 414 g/mol. The second-order valence-electron chi connectivity index (χ2n) is 7.56. The van der Waals surface area contributed by atoms with E-state index in [1.54, 1.807) is 27.3 Å². The van der Waals surface area contributed by atoms with Gasteiger partial charge in [0.25, 0.3) is 5.91 Å². The van der Waals surface area contributed by atoms with E-state index in [2.05, 4.69) is 10.3 Å². The van der Waals surface area contributed by atoms with Gasteiger partial charge in [0, 0.05) is 36.7 Å². The number of fused-ring (bicyclic) bond motifs is 1. The maximum Gasteiger partial charge on any atom is 0.265 e. The van der Waals surface area contributed by atoms with Crippen molar-refractivity contribution in [1.29, 1.82) is 0 Å². The molecule has 0 spiro atoms. The number of thiazole rings is 1.